The van der Waals surface area contributed by atoms with Crippen LogP contribution in [0.1, 0.15) is 32.3 Å². The van der Waals surface area contributed by atoms with Crippen LogP contribution in [0.25, 0.3) is 0 Å². The van der Waals surface area contributed by atoms with Crippen LogP contribution < -0.4 is 15.4 Å². The van der Waals surface area contributed by atoms with Crippen LogP contribution in [0.2, 0.25) is 0 Å². The SMILES string of the molecule is COc1cccc(NC(=O)C(NC(=O)C2CCN(S(=O)(=O)c3ccc(C)cc3)CC2)C(C)C)c1. The number of nitrogens with zero attached hydrogens (tertiary/aromatic N) is 1. The fraction of sp³-hybridized carbons (Fsp3) is 0.440. The maximum atomic E-state index is 13.0. The Labute approximate surface area is 201 Å². The van der Waals surface area contributed by atoms with Crippen molar-refractivity contribution in [2.75, 3.05) is 25.5 Å². The van der Waals surface area contributed by atoms with E-state index in [4.69, 9.17) is 4.74 Å². The molecule has 3 rings (SSSR count). The number of carbonyl (C=O) groups is 2. The van der Waals surface area contributed by atoms with Gasteiger partial charge in [-0.15, -0.1) is 0 Å². The Kier molecular flexibility index (Phi) is 8.33. The van der Waals surface area contributed by atoms with Crippen molar-refractivity contribution in [3.63, 3.8) is 0 Å². The molecule has 0 spiro atoms. The van der Waals surface area contributed by atoms with Crippen LogP contribution in [-0.4, -0.2) is 50.8 Å². The maximum absolute atomic E-state index is 13.0. The van der Waals surface area contributed by atoms with E-state index in [1.54, 1.807) is 55.6 Å². The van der Waals surface area contributed by atoms with Gasteiger partial charge in [0.25, 0.3) is 0 Å². The van der Waals surface area contributed by atoms with Gasteiger partial charge in [-0.2, -0.15) is 4.31 Å². The summed E-state index contributed by atoms with van der Waals surface area (Å²) in [7, 11) is -2.04. The predicted molar refractivity (Wildman–Crippen MR) is 131 cm³/mol. The molecule has 0 saturated carbocycles. The minimum atomic E-state index is -3.59. The normalized spacial score (nSPS) is 16.1. The van der Waals surface area contributed by atoms with Gasteiger partial charge in [0.15, 0.2) is 0 Å². The first-order valence-corrected chi connectivity index (χ1v) is 12.9. The van der Waals surface area contributed by atoms with Crippen molar-refractivity contribution in [2.24, 2.45) is 11.8 Å². The van der Waals surface area contributed by atoms with Crippen molar-refractivity contribution >= 4 is 27.5 Å². The highest BCUT2D eigenvalue weighted by molar-refractivity contribution is 7.89. The van der Waals surface area contributed by atoms with E-state index in [1.165, 1.54) is 4.31 Å². The summed E-state index contributed by atoms with van der Waals surface area (Å²) in [5, 5.41) is 5.71. The monoisotopic (exact) mass is 487 g/mol. The van der Waals surface area contributed by atoms with E-state index in [2.05, 4.69) is 10.6 Å². The highest BCUT2D eigenvalue weighted by Gasteiger charge is 2.34. The molecule has 1 saturated heterocycles. The third-order valence-electron chi connectivity index (χ3n) is 6.07. The lowest BCUT2D eigenvalue weighted by atomic mass is 9.95. The molecule has 1 aliphatic rings. The molecule has 0 radical (unpaired) electrons. The molecule has 2 aromatic rings. The second kappa shape index (κ2) is 11.0. The Morgan fingerprint density at radius 3 is 2.29 bits per heavy atom. The van der Waals surface area contributed by atoms with E-state index in [9.17, 15) is 18.0 Å². The number of amides is 2. The van der Waals surface area contributed by atoms with E-state index in [1.807, 2.05) is 20.8 Å². The van der Waals surface area contributed by atoms with Gasteiger partial charge in [0.05, 0.1) is 12.0 Å². The fourth-order valence-electron chi connectivity index (χ4n) is 3.94. The Bertz CT molecular complexity index is 1110. The quantitative estimate of drug-likeness (QED) is 0.595. The number of methoxy groups -OCH3 is 1. The van der Waals surface area contributed by atoms with Crippen molar-refractivity contribution in [3.05, 3.63) is 54.1 Å². The first-order chi connectivity index (χ1) is 16.1. The topological polar surface area (TPSA) is 105 Å². The average Bonchev–Trinajstić information content (AvgIpc) is 2.82. The zero-order valence-corrected chi connectivity index (χ0v) is 20.9. The molecule has 34 heavy (non-hydrogen) atoms. The number of sulfonamides is 1. The van der Waals surface area contributed by atoms with E-state index in [0.29, 0.717) is 24.3 Å². The number of rotatable bonds is 8. The van der Waals surface area contributed by atoms with Gasteiger partial charge in [0.2, 0.25) is 21.8 Å². The molecule has 9 heteroatoms. The number of anilines is 1. The summed E-state index contributed by atoms with van der Waals surface area (Å²) in [5.74, 6) is -0.398. The van der Waals surface area contributed by atoms with Gasteiger partial charge < -0.3 is 15.4 Å². The van der Waals surface area contributed by atoms with Crippen molar-refractivity contribution in [2.45, 2.75) is 44.6 Å². The van der Waals surface area contributed by atoms with Crippen LogP contribution in [0, 0.1) is 18.8 Å². The Morgan fingerprint density at radius 2 is 1.71 bits per heavy atom. The molecule has 1 heterocycles. The van der Waals surface area contributed by atoms with Crippen LogP contribution in [-0.2, 0) is 19.6 Å². The van der Waals surface area contributed by atoms with Crippen molar-refractivity contribution < 1.29 is 22.7 Å². The molecule has 1 aliphatic heterocycles. The third-order valence-corrected chi connectivity index (χ3v) is 7.98. The lowest BCUT2D eigenvalue weighted by Crippen LogP contribution is -2.50. The van der Waals surface area contributed by atoms with Gasteiger partial charge in [0.1, 0.15) is 11.8 Å². The smallest absolute Gasteiger partial charge is 0.247 e. The van der Waals surface area contributed by atoms with Crippen LogP contribution in [0.4, 0.5) is 5.69 Å². The zero-order valence-electron chi connectivity index (χ0n) is 20.1. The van der Waals surface area contributed by atoms with Crippen molar-refractivity contribution in [1.82, 2.24) is 9.62 Å². The molecule has 8 nitrogen and oxygen atoms in total. The molecule has 1 fully saturated rings. The lowest BCUT2D eigenvalue weighted by Gasteiger charge is -2.32. The minimum Gasteiger partial charge on any atom is -0.497 e. The van der Waals surface area contributed by atoms with Crippen LogP contribution >= 0.6 is 0 Å². The maximum Gasteiger partial charge on any atom is 0.247 e. The number of carbonyl (C=O) groups excluding carboxylic acids is 2. The minimum absolute atomic E-state index is 0.128. The number of hydrogen-bond donors (Lipinski definition) is 2. The fourth-order valence-corrected chi connectivity index (χ4v) is 5.41. The summed E-state index contributed by atoms with van der Waals surface area (Å²) < 4.78 is 32.4. The van der Waals surface area contributed by atoms with Gasteiger partial charge >= 0.3 is 0 Å². The van der Waals surface area contributed by atoms with Gasteiger partial charge in [-0.05, 0) is 49.9 Å². The van der Waals surface area contributed by atoms with E-state index < -0.39 is 16.1 Å². The number of benzene rings is 2. The summed E-state index contributed by atoms with van der Waals surface area (Å²) in [6, 6.07) is 13.1. The molecule has 2 N–H and O–H groups in total. The summed E-state index contributed by atoms with van der Waals surface area (Å²) in [4.78, 5) is 26.1. The second-order valence-corrected chi connectivity index (χ2v) is 10.9. The number of nitrogens with one attached hydrogen (secondary N) is 2. The van der Waals surface area contributed by atoms with Gasteiger partial charge in [0, 0.05) is 30.8 Å². The van der Waals surface area contributed by atoms with Gasteiger partial charge in [-0.25, -0.2) is 8.42 Å². The van der Waals surface area contributed by atoms with E-state index in [0.717, 1.165) is 5.56 Å². The van der Waals surface area contributed by atoms with Gasteiger partial charge in [-0.1, -0.05) is 37.6 Å². The number of ether oxygens (including phenoxy) is 1. The molecule has 2 amide bonds. The summed E-state index contributed by atoms with van der Waals surface area (Å²) in [6.07, 6.45) is 0.804. The van der Waals surface area contributed by atoms with Crippen molar-refractivity contribution in [3.8, 4) is 5.75 Å². The van der Waals surface area contributed by atoms with Crippen molar-refractivity contribution in [1.29, 1.82) is 0 Å². The highest BCUT2D eigenvalue weighted by atomic mass is 32.2. The molecule has 1 atom stereocenters. The first kappa shape index (κ1) is 25.7. The van der Waals surface area contributed by atoms with Crippen LogP contribution in [0.15, 0.2) is 53.4 Å². The molecule has 0 bridgehead atoms. The first-order valence-electron chi connectivity index (χ1n) is 11.4. The van der Waals surface area contributed by atoms with Gasteiger partial charge in [-0.3, -0.25) is 9.59 Å². The molecular formula is C25H33N3O5S. The van der Waals surface area contributed by atoms with Crippen LogP contribution in [0.3, 0.4) is 0 Å². The zero-order chi connectivity index (χ0) is 24.9. The number of piperidine rings is 1. The standard InChI is InChI=1S/C25H33N3O5S/c1-17(2)23(25(30)26-20-6-5-7-21(16-20)33-4)27-24(29)19-12-14-28(15-13-19)34(31,32)22-10-8-18(3)9-11-22/h5-11,16-17,19,23H,12-15H2,1-4H3,(H,26,30)(H,27,29). The highest BCUT2D eigenvalue weighted by Crippen LogP contribution is 2.25. The number of aryl methyl sites for hydroxylation is 1. The Hall–Kier alpha value is -2.91. The summed E-state index contributed by atoms with van der Waals surface area (Å²) in [6.45, 7) is 6.16. The third kappa shape index (κ3) is 6.15. The molecule has 1 unspecified atom stereocenters. The van der Waals surface area contributed by atoms with E-state index >= 15 is 0 Å². The average molecular weight is 488 g/mol. The largest absolute Gasteiger partial charge is 0.497 e. The molecule has 2 aromatic carbocycles. The Balaban J connectivity index is 1.59. The Morgan fingerprint density at radius 1 is 1.06 bits per heavy atom. The second-order valence-electron chi connectivity index (χ2n) is 8.94. The number of hydrogen-bond acceptors (Lipinski definition) is 5. The molecule has 184 valence electrons. The molecular weight excluding hydrogens is 454 g/mol. The summed E-state index contributed by atoms with van der Waals surface area (Å²) in [5.41, 5.74) is 1.57. The molecule has 0 aliphatic carbocycles. The van der Waals surface area contributed by atoms with Crippen LogP contribution in [0.5, 0.6) is 5.75 Å². The van der Waals surface area contributed by atoms with E-state index in [-0.39, 0.29) is 41.6 Å². The lowest BCUT2D eigenvalue weighted by molar-refractivity contribution is -0.130. The summed E-state index contributed by atoms with van der Waals surface area (Å²) >= 11 is 0. The predicted octanol–water partition coefficient (Wildman–Crippen LogP) is 3.18. The molecule has 0 aromatic heterocycles.